The van der Waals surface area contributed by atoms with E-state index < -0.39 is 18.0 Å². The first-order valence-corrected chi connectivity index (χ1v) is 4.02. The first kappa shape index (κ1) is 11.6. The van der Waals surface area contributed by atoms with Crippen LogP contribution in [0.2, 0.25) is 5.02 Å². The third-order valence-electron chi connectivity index (χ3n) is 1.44. The summed E-state index contributed by atoms with van der Waals surface area (Å²) in [6, 6.07) is 2.92. The smallest absolute Gasteiger partial charge is 0.406 e. The molecule has 1 amide bonds. The van der Waals surface area contributed by atoms with Crippen molar-refractivity contribution >= 4 is 17.5 Å². The summed E-state index contributed by atoms with van der Waals surface area (Å²) in [5.74, 6) is -1.46. The molecule has 0 saturated heterocycles. The minimum Gasteiger partial charge on any atom is -0.406 e. The Morgan fingerprint density at radius 1 is 1.40 bits per heavy atom. The molecule has 0 aromatic heterocycles. The molecule has 0 radical (unpaired) electrons. The molecule has 0 aliphatic rings. The van der Waals surface area contributed by atoms with E-state index in [0.29, 0.717) is 0 Å². The fraction of sp³-hybridized carbons (Fsp3) is 0.125. The number of alkyl halides is 3. The van der Waals surface area contributed by atoms with Crippen LogP contribution in [0.4, 0.5) is 13.2 Å². The lowest BCUT2D eigenvalue weighted by Crippen LogP contribution is -2.18. The predicted octanol–water partition coefficient (Wildman–Crippen LogP) is 2.34. The van der Waals surface area contributed by atoms with Gasteiger partial charge < -0.3 is 10.5 Å². The van der Waals surface area contributed by atoms with Gasteiger partial charge in [0.1, 0.15) is 5.75 Å². The third-order valence-corrected chi connectivity index (χ3v) is 1.77. The molecule has 0 saturated carbocycles. The number of ether oxygens (including phenoxy) is 1. The maximum Gasteiger partial charge on any atom is 0.573 e. The van der Waals surface area contributed by atoms with E-state index in [4.69, 9.17) is 17.3 Å². The van der Waals surface area contributed by atoms with Gasteiger partial charge >= 0.3 is 6.36 Å². The van der Waals surface area contributed by atoms with E-state index >= 15 is 0 Å². The Balaban J connectivity index is 3.03. The van der Waals surface area contributed by atoms with Gasteiger partial charge in [-0.15, -0.1) is 13.2 Å². The van der Waals surface area contributed by atoms with Crippen molar-refractivity contribution in [2.24, 2.45) is 5.73 Å². The van der Waals surface area contributed by atoms with E-state index in [-0.39, 0.29) is 10.6 Å². The maximum absolute atomic E-state index is 11.8. The first-order valence-electron chi connectivity index (χ1n) is 3.65. The third kappa shape index (κ3) is 3.32. The lowest BCUT2D eigenvalue weighted by atomic mass is 10.2. The summed E-state index contributed by atoms with van der Waals surface area (Å²) in [5.41, 5.74) is 4.66. The highest BCUT2D eigenvalue weighted by molar-refractivity contribution is 6.33. The lowest BCUT2D eigenvalue weighted by molar-refractivity contribution is -0.274. The number of benzene rings is 1. The van der Waals surface area contributed by atoms with Gasteiger partial charge in [0.05, 0.1) is 10.6 Å². The second-order valence-corrected chi connectivity index (χ2v) is 2.96. The van der Waals surface area contributed by atoms with Crippen LogP contribution in [-0.4, -0.2) is 12.3 Å². The monoisotopic (exact) mass is 239 g/mol. The molecule has 0 aliphatic heterocycles. The van der Waals surface area contributed by atoms with Gasteiger partial charge in [0, 0.05) is 0 Å². The van der Waals surface area contributed by atoms with E-state index in [1.54, 1.807) is 0 Å². The first-order chi connectivity index (χ1) is 6.79. The average molecular weight is 240 g/mol. The highest BCUT2D eigenvalue weighted by Crippen LogP contribution is 2.26. The standard InChI is InChI=1S/C8H5ClF3NO2/c9-6-2-1-4(15-8(10,11)12)3-5(6)7(13)14/h1-3H,(H2,13,14). The van der Waals surface area contributed by atoms with E-state index in [0.717, 1.165) is 18.2 Å². The Hall–Kier alpha value is -1.43. The number of hydrogen-bond acceptors (Lipinski definition) is 2. The Kier molecular flexibility index (Phi) is 3.09. The fourth-order valence-electron chi connectivity index (χ4n) is 0.890. The molecule has 0 bridgehead atoms. The minimum absolute atomic E-state index is 0.0305. The summed E-state index contributed by atoms with van der Waals surface area (Å²) < 4.78 is 39.0. The molecule has 82 valence electrons. The molecule has 3 nitrogen and oxygen atoms in total. The second-order valence-electron chi connectivity index (χ2n) is 2.55. The molecule has 0 spiro atoms. The zero-order valence-electron chi connectivity index (χ0n) is 7.14. The molecule has 0 heterocycles. The van der Waals surface area contributed by atoms with Crippen LogP contribution < -0.4 is 10.5 Å². The van der Waals surface area contributed by atoms with Crippen LogP contribution in [0.1, 0.15) is 10.4 Å². The average Bonchev–Trinajstić information content (AvgIpc) is 2.05. The molecule has 1 rings (SSSR count). The number of rotatable bonds is 2. The molecule has 1 aromatic rings. The van der Waals surface area contributed by atoms with Gasteiger partial charge in [0.15, 0.2) is 0 Å². The summed E-state index contributed by atoms with van der Waals surface area (Å²) in [4.78, 5) is 10.7. The van der Waals surface area contributed by atoms with Gasteiger partial charge in [-0.1, -0.05) is 11.6 Å². The second kappa shape index (κ2) is 3.98. The number of nitrogens with two attached hydrogens (primary N) is 1. The zero-order chi connectivity index (χ0) is 11.6. The van der Waals surface area contributed by atoms with Gasteiger partial charge in [-0.25, -0.2) is 0 Å². The normalized spacial score (nSPS) is 11.2. The van der Waals surface area contributed by atoms with Crippen molar-refractivity contribution in [2.75, 3.05) is 0 Å². The number of hydrogen-bond donors (Lipinski definition) is 1. The van der Waals surface area contributed by atoms with Crippen LogP contribution in [-0.2, 0) is 0 Å². The molecule has 0 unspecified atom stereocenters. The Labute approximate surface area is 87.6 Å². The highest BCUT2D eigenvalue weighted by Gasteiger charge is 2.31. The van der Waals surface area contributed by atoms with Crippen molar-refractivity contribution in [2.45, 2.75) is 6.36 Å². The van der Waals surface area contributed by atoms with Crippen LogP contribution >= 0.6 is 11.6 Å². The number of halogens is 4. The van der Waals surface area contributed by atoms with Crippen molar-refractivity contribution in [1.29, 1.82) is 0 Å². The molecular weight excluding hydrogens is 235 g/mol. The van der Waals surface area contributed by atoms with Crippen LogP contribution in [0.25, 0.3) is 0 Å². The van der Waals surface area contributed by atoms with Crippen LogP contribution in [0.15, 0.2) is 18.2 Å². The van der Waals surface area contributed by atoms with E-state index in [1.807, 2.05) is 0 Å². The predicted molar refractivity (Wildman–Crippen MR) is 46.7 cm³/mol. The van der Waals surface area contributed by atoms with Crippen LogP contribution in [0.3, 0.4) is 0 Å². The van der Waals surface area contributed by atoms with E-state index in [1.165, 1.54) is 0 Å². The summed E-state index contributed by atoms with van der Waals surface area (Å²) in [6.07, 6.45) is -4.82. The summed E-state index contributed by atoms with van der Waals surface area (Å²) >= 11 is 5.52. The fourth-order valence-corrected chi connectivity index (χ4v) is 1.10. The highest BCUT2D eigenvalue weighted by atomic mass is 35.5. The Morgan fingerprint density at radius 3 is 2.47 bits per heavy atom. The van der Waals surface area contributed by atoms with Gasteiger partial charge in [0.25, 0.3) is 0 Å². The van der Waals surface area contributed by atoms with Crippen LogP contribution in [0, 0.1) is 0 Å². The number of carbonyl (C=O) groups excluding carboxylic acids is 1. The Morgan fingerprint density at radius 2 is 2.00 bits per heavy atom. The van der Waals surface area contributed by atoms with Gasteiger partial charge in [-0.3, -0.25) is 4.79 Å². The summed E-state index contributed by atoms with van der Waals surface area (Å²) in [5, 5.41) is -0.0305. The van der Waals surface area contributed by atoms with Crippen molar-refractivity contribution < 1.29 is 22.7 Å². The van der Waals surface area contributed by atoms with Crippen molar-refractivity contribution in [3.63, 3.8) is 0 Å². The quantitative estimate of drug-likeness (QED) is 0.861. The topological polar surface area (TPSA) is 52.3 Å². The molecule has 15 heavy (non-hydrogen) atoms. The van der Waals surface area contributed by atoms with E-state index in [2.05, 4.69) is 4.74 Å². The van der Waals surface area contributed by atoms with Gasteiger partial charge in [0.2, 0.25) is 5.91 Å². The largest absolute Gasteiger partial charge is 0.573 e. The molecule has 0 fully saturated rings. The maximum atomic E-state index is 11.8. The molecule has 0 atom stereocenters. The van der Waals surface area contributed by atoms with Crippen LogP contribution in [0.5, 0.6) is 5.75 Å². The van der Waals surface area contributed by atoms with Crippen molar-refractivity contribution in [1.82, 2.24) is 0 Å². The number of primary amides is 1. The molecule has 1 aromatic carbocycles. The zero-order valence-corrected chi connectivity index (χ0v) is 7.89. The van der Waals surface area contributed by atoms with Crippen molar-refractivity contribution in [3.8, 4) is 5.75 Å². The van der Waals surface area contributed by atoms with Gasteiger partial charge in [-0.2, -0.15) is 0 Å². The minimum atomic E-state index is -4.82. The SMILES string of the molecule is NC(=O)c1cc(OC(F)(F)F)ccc1Cl. The van der Waals surface area contributed by atoms with Crippen molar-refractivity contribution in [3.05, 3.63) is 28.8 Å². The number of carbonyl (C=O) groups is 1. The molecule has 7 heteroatoms. The molecule has 0 aliphatic carbocycles. The lowest BCUT2D eigenvalue weighted by Gasteiger charge is -2.09. The summed E-state index contributed by atoms with van der Waals surface area (Å²) in [6.45, 7) is 0. The van der Waals surface area contributed by atoms with E-state index in [9.17, 15) is 18.0 Å². The molecule has 2 N–H and O–H groups in total. The van der Waals surface area contributed by atoms with Gasteiger partial charge in [-0.05, 0) is 18.2 Å². The molecular formula is C8H5ClF3NO2. The Bertz CT molecular complexity index is 392. The summed E-state index contributed by atoms with van der Waals surface area (Å²) in [7, 11) is 0. The number of amides is 1.